The first kappa shape index (κ1) is 11.3. The van der Waals surface area contributed by atoms with E-state index in [4.69, 9.17) is 4.42 Å². The van der Waals surface area contributed by atoms with Gasteiger partial charge in [-0.05, 0) is 39.8 Å². The first-order chi connectivity index (χ1) is 6.31. The minimum Gasteiger partial charge on any atom is -0.466 e. The average Bonchev–Trinajstić information content (AvgIpc) is 2.52. The van der Waals surface area contributed by atoms with Crippen LogP contribution in [0.3, 0.4) is 0 Å². The molecule has 0 aliphatic carbocycles. The van der Waals surface area contributed by atoms with E-state index < -0.39 is 5.60 Å². The van der Waals surface area contributed by atoms with Crippen LogP contribution in [-0.2, 0) is 5.60 Å². The van der Waals surface area contributed by atoms with Crippen LogP contribution in [0.4, 0.5) is 0 Å². The Balaban J connectivity index is 2.59. The van der Waals surface area contributed by atoms with Crippen LogP contribution in [0.5, 0.6) is 0 Å². The first-order valence-corrected chi connectivity index (χ1v) is 4.83. The van der Waals surface area contributed by atoms with E-state index in [-0.39, 0.29) is 5.54 Å². The van der Waals surface area contributed by atoms with Crippen LogP contribution in [0.25, 0.3) is 0 Å². The van der Waals surface area contributed by atoms with Gasteiger partial charge in [-0.1, -0.05) is 0 Å². The molecule has 1 rings (SSSR count). The molecule has 0 aromatic carbocycles. The number of rotatable bonds is 3. The third-order valence-electron chi connectivity index (χ3n) is 2.01. The van der Waals surface area contributed by atoms with Crippen molar-refractivity contribution in [1.29, 1.82) is 0 Å². The SMILES string of the molecule is CC(C)(C)NCC(C)(O)c1ccco1. The number of furan rings is 1. The van der Waals surface area contributed by atoms with Gasteiger partial charge in [0.25, 0.3) is 0 Å². The Hall–Kier alpha value is -0.800. The van der Waals surface area contributed by atoms with E-state index in [2.05, 4.69) is 26.1 Å². The normalized spacial score (nSPS) is 16.6. The summed E-state index contributed by atoms with van der Waals surface area (Å²) in [6.45, 7) is 8.40. The van der Waals surface area contributed by atoms with Crippen molar-refractivity contribution in [3.05, 3.63) is 24.2 Å². The molecule has 0 radical (unpaired) electrons. The van der Waals surface area contributed by atoms with Crippen molar-refractivity contribution in [2.75, 3.05) is 6.54 Å². The van der Waals surface area contributed by atoms with Gasteiger partial charge in [0.1, 0.15) is 11.4 Å². The maximum Gasteiger partial charge on any atom is 0.136 e. The van der Waals surface area contributed by atoms with Crippen LogP contribution < -0.4 is 5.32 Å². The highest BCUT2D eigenvalue weighted by atomic mass is 16.4. The molecule has 1 unspecified atom stereocenters. The number of hydrogen-bond acceptors (Lipinski definition) is 3. The van der Waals surface area contributed by atoms with Gasteiger partial charge in [0.2, 0.25) is 0 Å². The molecule has 1 atom stereocenters. The molecule has 3 nitrogen and oxygen atoms in total. The summed E-state index contributed by atoms with van der Waals surface area (Å²) in [5, 5.41) is 13.3. The zero-order chi connectivity index (χ0) is 10.8. The quantitative estimate of drug-likeness (QED) is 0.777. The minimum atomic E-state index is -0.948. The Morgan fingerprint density at radius 2 is 2.00 bits per heavy atom. The van der Waals surface area contributed by atoms with Gasteiger partial charge in [-0.2, -0.15) is 0 Å². The molecule has 0 saturated heterocycles. The maximum absolute atomic E-state index is 10.1. The monoisotopic (exact) mass is 197 g/mol. The Bertz CT molecular complexity index is 270. The summed E-state index contributed by atoms with van der Waals surface area (Å²) < 4.78 is 5.17. The molecule has 2 N–H and O–H groups in total. The third kappa shape index (κ3) is 3.16. The molecule has 0 fully saturated rings. The largest absolute Gasteiger partial charge is 0.466 e. The second kappa shape index (κ2) is 3.75. The Kier molecular flexibility index (Phi) is 3.02. The van der Waals surface area contributed by atoms with Crippen LogP contribution in [0.1, 0.15) is 33.5 Å². The average molecular weight is 197 g/mol. The second-order valence-electron chi connectivity index (χ2n) is 4.85. The van der Waals surface area contributed by atoms with Crippen molar-refractivity contribution in [2.24, 2.45) is 0 Å². The highest BCUT2D eigenvalue weighted by molar-refractivity contribution is 5.08. The molecular formula is C11H19NO2. The summed E-state index contributed by atoms with van der Waals surface area (Å²) in [7, 11) is 0. The van der Waals surface area contributed by atoms with E-state index >= 15 is 0 Å². The van der Waals surface area contributed by atoms with Crippen LogP contribution in [0.2, 0.25) is 0 Å². The lowest BCUT2D eigenvalue weighted by molar-refractivity contribution is 0.0285. The highest BCUT2D eigenvalue weighted by Gasteiger charge is 2.27. The highest BCUT2D eigenvalue weighted by Crippen LogP contribution is 2.20. The smallest absolute Gasteiger partial charge is 0.136 e. The Labute approximate surface area is 85.1 Å². The molecule has 0 aliphatic rings. The molecule has 1 aromatic heterocycles. The Morgan fingerprint density at radius 1 is 1.36 bits per heavy atom. The summed E-state index contributed by atoms with van der Waals surface area (Å²) in [5.41, 5.74) is -0.951. The summed E-state index contributed by atoms with van der Waals surface area (Å²) >= 11 is 0. The van der Waals surface area contributed by atoms with Crippen LogP contribution in [-0.4, -0.2) is 17.2 Å². The van der Waals surface area contributed by atoms with Gasteiger partial charge in [-0.25, -0.2) is 0 Å². The van der Waals surface area contributed by atoms with Crippen LogP contribution in [0.15, 0.2) is 22.8 Å². The molecular weight excluding hydrogens is 178 g/mol. The lowest BCUT2D eigenvalue weighted by Gasteiger charge is -2.27. The van der Waals surface area contributed by atoms with Crippen molar-refractivity contribution in [3.63, 3.8) is 0 Å². The first-order valence-electron chi connectivity index (χ1n) is 4.83. The molecule has 1 heterocycles. The topological polar surface area (TPSA) is 45.4 Å². The fourth-order valence-corrected chi connectivity index (χ4v) is 1.11. The van der Waals surface area contributed by atoms with Crippen LogP contribution >= 0.6 is 0 Å². The predicted molar refractivity (Wildman–Crippen MR) is 56.0 cm³/mol. The molecule has 0 bridgehead atoms. The predicted octanol–water partition coefficient (Wildman–Crippen LogP) is 1.88. The second-order valence-corrected chi connectivity index (χ2v) is 4.85. The van der Waals surface area contributed by atoms with Crippen molar-refractivity contribution in [2.45, 2.75) is 38.8 Å². The summed E-state index contributed by atoms with van der Waals surface area (Å²) in [6.07, 6.45) is 1.57. The Morgan fingerprint density at radius 3 is 2.43 bits per heavy atom. The van der Waals surface area contributed by atoms with Crippen molar-refractivity contribution in [3.8, 4) is 0 Å². The zero-order valence-electron chi connectivity index (χ0n) is 9.29. The molecule has 0 amide bonds. The lowest BCUT2D eigenvalue weighted by atomic mass is 10.0. The van der Waals surface area contributed by atoms with Gasteiger partial charge in [-0.15, -0.1) is 0 Å². The van der Waals surface area contributed by atoms with E-state index in [9.17, 15) is 5.11 Å². The van der Waals surface area contributed by atoms with E-state index in [0.717, 1.165) is 0 Å². The number of hydrogen-bond donors (Lipinski definition) is 2. The lowest BCUT2D eigenvalue weighted by Crippen LogP contribution is -2.44. The van der Waals surface area contributed by atoms with Gasteiger partial charge in [-0.3, -0.25) is 0 Å². The number of aliphatic hydroxyl groups is 1. The number of nitrogens with one attached hydrogen (secondary N) is 1. The standard InChI is InChI=1S/C11H19NO2/c1-10(2,3)12-8-11(4,13)9-6-5-7-14-9/h5-7,12-13H,8H2,1-4H3. The van der Waals surface area contributed by atoms with E-state index in [1.54, 1.807) is 25.3 Å². The zero-order valence-corrected chi connectivity index (χ0v) is 9.29. The van der Waals surface area contributed by atoms with Gasteiger partial charge in [0.15, 0.2) is 0 Å². The molecule has 0 saturated carbocycles. The van der Waals surface area contributed by atoms with Crippen molar-refractivity contribution in [1.82, 2.24) is 5.32 Å². The van der Waals surface area contributed by atoms with Crippen molar-refractivity contribution >= 4 is 0 Å². The van der Waals surface area contributed by atoms with Gasteiger partial charge < -0.3 is 14.8 Å². The summed E-state index contributed by atoms with van der Waals surface area (Å²) in [4.78, 5) is 0. The van der Waals surface area contributed by atoms with Gasteiger partial charge >= 0.3 is 0 Å². The summed E-state index contributed by atoms with van der Waals surface area (Å²) in [6, 6.07) is 3.56. The van der Waals surface area contributed by atoms with E-state index in [0.29, 0.717) is 12.3 Å². The fraction of sp³-hybridized carbons (Fsp3) is 0.636. The van der Waals surface area contributed by atoms with Gasteiger partial charge in [0, 0.05) is 12.1 Å². The van der Waals surface area contributed by atoms with Crippen molar-refractivity contribution < 1.29 is 9.52 Å². The minimum absolute atomic E-state index is 0.00339. The van der Waals surface area contributed by atoms with Gasteiger partial charge in [0.05, 0.1) is 6.26 Å². The maximum atomic E-state index is 10.1. The molecule has 14 heavy (non-hydrogen) atoms. The van der Waals surface area contributed by atoms with E-state index in [1.165, 1.54) is 0 Å². The third-order valence-corrected chi connectivity index (χ3v) is 2.01. The van der Waals surface area contributed by atoms with Crippen LogP contribution in [0, 0.1) is 0 Å². The molecule has 80 valence electrons. The molecule has 3 heteroatoms. The summed E-state index contributed by atoms with van der Waals surface area (Å²) in [5.74, 6) is 0.592. The van der Waals surface area contributed by atoms with E-state index in [1.807, 2.05) is 0 Å². The molecule has 1 aromatic rings. The fourth-order valence-electron chi connectivity index (χ4n) is 1.11. The molecule has 0 spiro atoms. The number of β-amino-alcohol motifs (C(OH)–C–C–N with tert-alkyl or cyclic N) is 1. The molecule has 0 aliphatic heterocycles.